The molecule has 3 aromatic rings. The molecule has 0 fully saturated rings. The van der Waals surface area contributed by atoms with Gasteiger partial charge in [-0.3, -0.25) is 5.10 Å². The van der Waals surface area contributed by atoms with Crippen LogP contribution in [-0.2, 0) is 6.42 Å². The number of anilines is 1. The minimum Gasteiger partial charge on any atom is -0.378 e. The maximum absolute atomic E-state index is 9.00. The second-order valence-corrected chi connectivity index (χ2v) is 6.61. The van der Waals surface area contributed by atoms with Gasteiger partial charge in [0, 0.05) is 11.1 Å². The number of H-pyrrole nitrogens is 1. The molecule has 0 aliphatic heterocycles. The number of fused-ring (bicyclic) bond motifs is 2. The summed E-state index contributed by atoms with van der Waals surface area (Å²) < 4.78 is 1.06. The van der Waals surface area contributed by atoms with E-state index < -0.39 is 0 Å². The standard InChI is InChI=1S/C17H13IN4/c18-17-14-8-12(3-6-16(14)21-22-17)20-15-5-2-11-7-10(9-19)1-4-13(11)15/h1,3-4,6-8,15,20H,2,5H2,(H,21,22)/t15-/m1/s1. The Morgan fingerprint density at radius 1 is 1.27 bits per heavy atom. The zero-order valence-corrected chi connectivity index (χ0v) is 13.9. The van der Waals surface area contributed by atoms with Crippen molar-refractivity contribution in [2.45, 2.75) is 18.9 Å². The summed E-state index contributed by atoms with van der Waals surface area (Å²) in [7, 11) is 0. The summed E-state index contributed by atoms with van der Waals surface area (Å²) in [5.41, 5.74) is 5.43. The van der Waals surface area contributed by atoms with E-state index in [2.05, 4.69) is 62.4 Å². The van der Waals surface area contributed by atoms with Gasteiger partial charge in [-0.1, -0.05) is 6.07 Å². The molecular weight excluding hydrogens is 387 g/mol. The van der Waals surface area contributed by atoms with Crippen molar-refractivity contribution in [1.29, 1.82) is 5.26 Å². The summed E-state index contributed by atoms with van der Waals surface area (Å²) in [5.74, 6) is 0. The highest BCUT2D eigenvalue weighted by atomic mass is 127. The Kier molecular flexibility index (Phi) is 3.26. The highest BCUT2D eigenvalue weighted by Gasteiger charge is 2.22. The van der Waals surface area contributed by atoms with E-state index in [1.54, 1.807) is 0 Å². The van der Waals surface area contributed by atoms with E-state index in [-0.39, 0.29) is 0 Å². The Morgan fingerprint density at radius 3 is 3.05 bits per heavy atom. The van der Waals surface area contributed by atoms with Gasteiger partial charge in [-0.15, -0.1) is 0 Å². The third-order valence-corrected chi connectivity index (χ3v) is 5.02. The molecule has 2 N–H and O–H groups in total. The molecule has 1 aromatic heterocycles. The lowest BCUT2D eigenvalue weighted by atomic mass is 10.0. The Balaban J connectivity index is 1.64. The second kappa shape index (κ2) is 5.29. The van der Waals surface area contributed by atoms with Crippen molar-refractivity contribution in [3.05, 3.63) is 56.8 Å². The Labute approximate surface area is 141 Å². The van der Waals surface area contributed by atoms with Gasteiger partial charge in [-0.2, -0.15) is 10.4 Å². The van der Waals surface area contributed by atoms with Gasteiger partial charge in [-0.25, -0.2) is 0 Å². The number of aromatic amines is 1. The van der Waals surface area contributed by atoms with E-state index in [0.29, 0.717) is 6.04 Å². The molecule has 0 radical (unpaired) electrons. The van der Waals surface area contributed by atoms with E-state index in [1.165, 1.54) is 11.1 Å². The van der Waals surface area contributed by atoms with E-state index >= 15 is 0 Å². The molecule has 0 saturated heterocycles. The van der Waals surface area contributed by atoms with Crippen LogP contribution in [0.1, 0.15) is 29.2 Å². The molecule has 1 heterocycles. The molecule has 0 amide bonds. The van der Waals surface area contributed by atoms with Crippen molar-refractivity contribution in [1.82, 2.24) is 10.2 Å². The predicted octanol–water partition coefficient (Wildman–Crippen LogP) is 4.14. The first-order valence-corrected chi connectivity index (χ1v) is 8.25. The van der Waals surface area contributed by atoms with Gasteiger partial charge in [-0.05, 0) is 76.9 Å². The molecular formula is C17H13IN4. The number of aromatic nitrogens is 2. The minimum absolute atomic E-state index is 0.310. The van der Waals surface area contributed by atoms with Gasteiger partial charge < -0.3 is 5.32 Å². The molecule has 1 aliphatic rings. The SMILES string of the molecule is N#Cc1ccc2c(c1)CC[C@H]2Nc1ccc2n[nH]c(I)c2c1. The van der Waals surface area contributed by atoms with Gasteiger partial charge in [0.15, 0.2) is 0 Å². The van der Waals surface area contributed by atoms with Crippen LogP contribution in [0.5, 0.6) is 0 Å². The van der Waals surface area contributed by atoms with Crippen LogP contribution >= 0.6 is 22.6 Å². The lowest BCUT2D eigenvalue weighted by Gasteiger charge is -2.15. The number of rotatable bonds is 2. The van der Waals surface area contributed by atoms with Crippen molar-refractivity contribution >= 4 is 39.2 Å². The number of benzene rings is 2. The van der Waals surface area contributed by atoms with Crippen LogP contribution in [0.3, 0.4) is 0 Å². The number of aryl methyl sites for hydroxylation is 1. The fourth-order valence-electron chi connectivity index (χ4n) is 3.11. The molecule has 108 valence electrons. The first-order valence-electron chi connectivity index (χ1n) is 7.18. The third-order valence-electron chi connectivity index (χ3n) is 4.20. The van der Waals surface area contributed by atoms with E-state index in [4.69, 9.17) is 5.26 Å². The highest BCUT2D eigenvalue weighted by molar-refractivity contribution is 14.1. The largest absolute Gasteiger partial charge is 0.378 e. The third kappa shape index (κ3) is 2.24. The smallest absolute Gasteiger partial charge is 0.104 e. The Hall–Kier alpha value is -2.07. The molecule has 4 rings (SSSR count). The summed E-state index contributed by atoms with van der Waals surface area (Å²) >= 11 is 2.27. The summed E-state index contributed by atoms with van der Waals surface area (Å²) in [6.07, 6.45) is 2.08. The molecule has 1 aliphatic carbocycles. The van der Waals surface area contributed by atoms with Gasteiger partial charge in [0.05, 0.1) is 23.2 Å². The fourth-order valence-corrected chi connectivity index (χ4v) is 3.66. The summed E-state index contributed by atoms with van der Waals surface area (Å²) in [6.45, 7) is 0. The van der Waals surface area contributed by atoms with Crippen LogP contribution in [0.2, 0.25) is 0 Å². The Bertz CT molecular complexity index is 907. The Morgan fingerprint density at radius 2 is 2.18 bits per heavy atom. The monoisotopic (exact) mass is 400 g/mol. The molecule has 1 atom stereocenters. The van der Waals surface area contributed by atoms with E-state index in [9.17, 15) is 0 Å². The van der Waals surface area contributed by atoms with Crippen LogP contribution in [0.15, 0.2) is 36.4 Å². The number of nitriles is 1. The topological polar surface area (TPSA) is 64.5 Å². The zero-order chi connectivity index (χ0) is 15.1. The number of hydrogen-bond donors (Lipinski definition) is 2. The van der Waals surface area contributed by atoms with Crippen molar-refractivity contribution in [3.8, 4) is 6.07 Å². The molecule has 0 unspecified atom stereocenters. The van der Waals surface area contributed by atoms with Gasteiger partial charge in [0.25, 0.3) is 0 Å². The number of hydrogen-bond acceptors (Lipinski definition) is 3. The number of nitrogens with zero attached hydrogens (tertiary/aromatic N) is 2. The zero-order valence-electron chi connectivity index (χ0n) is 11.7. The predicted molar refractivity (Wildman–Crippen MR) is 94.7 cm³/mol. The summed E-state index contributed by atoms with van der Waals surface area (Å²) in [6, 6.07) is 14.8. The van der Waals surface area contributed by atoms with Crippen LogP contribution in [0.4, 0.5) is 5.69 Å². The van der Waals surface area contributed by atoms with E-state index in [0.717, 1.165) is 38.7 Å². The molecule has 22 heavy (non-hydrogen) atoms. The average Bonchev–Trinajstić information content (AvgIpc) is 3.11. The molecule has 2 aromatic carbocycles. The maximum Gasteiger partial charge on any atom is 0.104 e. The normalized spacial score (nSPS) is 16.5. The molecule has 4 nitrogen and oxygen atoms in total. The number of nitrogens with one attached hydrogen (secondary N) is 2. The summed E-state index contributed by atoms with van der Waals surface area (Å²) in [4.78, 5) is 0. The average molecular weight is 400 g/mol. The van der Waals surface area contributed by atoms with Crippen molar-refractivity contribution < 1.29 is 0 Å². The van der Waals surface area contributed by atoms with E-state index in [1.807, 2.05) is 18.2 Å². The summed E-state index contributed by atoms with van der Waals surface area (Å²) in [5, 5.41) is 21.0. The molecule has 5 heteroatoms. The quantitative estimate of drug-likeness (QED) is 0.636. The fraction of sp³-hybridized carbons (Fsp3) is 0.176. The molecule has 0 saturated carbocycles. The first-order chi connectivity index (χ1) is 10.7. The molecule has 0 spiro atoms. The van der Waals surface area contributed by atoms with Crippen LogP contribution in [0, 0.1) is 15.0 Å². The highest BCUT2D eigenvalue weighted by Crippen LogP contribution is 2.35. The lowest BCUT2D eigenvalue weighted by molar-refractivity contribution is 0.762. The second-order valence-electron chi connectivity index (χ2n) is 5.53. The first kappa shape index (κ1) is 13.6. The van der Waals surface area contributed by atoms with Crippen LogP contribution < -0.4 is 5.32 Å². The van der Waals surface area contributed by atoms with Crippen molar-refractivity contribution in [2.75, 3.05) is 5.32 Å². The van der Waals surface area contributed by atoms with Crippen molar-refractivity contribution in [2.24, 2.45) is 0 Å². The minimum atomic E-state index is 0.310. The van der Waals surface area contributed by atoms with Gasteiger partial charge in [0.2, 0.25) is 0 Å². The van der Waals surface area contributed by atoms with Crippen LogP contribution in [-0.4, -0.2) is 10.2 Å². The molecule has 0 bridgehead atoms. The van der Waals surface area contributed by atoms with Crippen molar-refractivity contribution in [3.63, 3.8) is 0 Å². The van der Waals surface area contributed by atoms with Gasteiger partial charge >= 0.3 is 0 Å². The maximum atomic E-state index is 9.00. The number of halogens is 1. The van der Waals surface area contributed by atoms with Gasteiger partial charge in [0.1, 0.15) is 3.70 Å². The lowest BCUT2D eigenvalue weighted by Crippen LogP contribution is -2.06. The van der Waals surface area contributed by atoms with Crippen LogP contribution in [0.25, 0.3) is 10.9 Å².